The van der Waals surface area contributed by atoms with Gasteiger partial charge in [0.15, 0.2) is 5.41 Å². The Morgan fingerprint density at radius 1 is 1.38 bits per heavy atom. The van der Waals surface area contributed by atoms with Crippen molar-refractivity contribution >= 4 is 11.9 Å². The van der Waals surface area contributed by atoms with E-state index in [0.29, 0.717) is 6.20 Å². The molecule has 7 nitrogen and oxygen atoms in total. The molecule has 0 spiro atoms. The Morgan fingerprint density at radius 3 is 2.25 bits per heavy atom. The second-order valence-electron chi connectivity index (χ2n) is 3.39. The molecule has 0 N–H and O–H groups in total. The van der Waals surface area contributed by atoms with E-state index in [1.807, 2.05) is 0 Å². The Bertz CT molecular complexity index is 345. The molecule has 0 aromatic carbocycles. The molecule has 0 aliphatic heterocycles. The first-order chi connectivity index (χ1) is 7.48. The van der Waals surface area contributed by atoms with Gasteiger partial charge >= 0.3 is 11.9 Å². The molecular weight excluding hydrogens is 218 g/mol. The topological polar surface area (TPSA) is 95.7 Å². The van der Waals surface area contributed by atoms with Gasteiger partial charge in [-0.2, -0.15) is 0 Å². The highest BCUT2D eigenvalue weighted by molar-refractivity contribution is 6.04. The molecule has 88 valence electrons. The molecule has 0 aromatic heterocycles. The van der Waals surface area contributed by atoms with Crippen molar-refractivity contribution in [1.29, 1.82) is 0 Å². The summed E-state index contributed by atoms with van der Waals surface area (Å²) < 4.78 is 8.99. The minimum atomic E-state index is -1.39. The number of hydrogen-bond acceptors (Lipinski definition) is 6. The average Bonchev–Trinajstić information content (AvgIpc) is 2.99. The van der Waals surface area contributed by atoms with Gasteiger partial charge in [0.1, 0.15) is 0 Å². The standard InChI is InChI=1S/C9H11NO6/c1-15-7(11)9(8(12)16-2)5-6(9)3-4-10(13)14/h3-4,6H,5H2,1-2H3/b4-3+. The third-order valence-corrected chi connectivity index (χ3v) is 2.55. The molecular formula is C9H11NO6. The Hall–Kier alpha value is -1.92. The predicted molar refractivity (Wildman–Crippen MR) is 50.7 cm³/mol. The first-order valence-corrected chi connectivity index (χ1v) is 4.47. The molecule has 1 rings (SSSR count). The zero-order chi connectivity index (χ0) is 12.3. The smallest absolute Gasteiger partial charge is 0.323 e. The van der Waals surface area contributed by atoms with Crippen molar-refractivity contribution in [1.82, 2.24) is 0 Å². The van der Waals surface area contributed by atoms with Crippen LogP contribution in [0.15, 0.2) is 12.3 Å². The van der Waals surface area contributed by atoms with Gasteiger partial charge in [0.05, 0.1) is 19.1 Å². The highest BCUT2D eigenvalue weighted by Gasteiger charge is 2.67. The van der Waals surface area contributed by atoms with Gasteiger partial charge in [-0.05, 0) is 12.5 Å². The van der Waals surface area contributed by atoms with Crippen LogP contribution < -0.4 is 0 Å². The van der Waals surface area contributed by atoms with Crippen LogP contribution in [0, 0.1) is 21.4 Å². The summed E-state index contributed by atoms with van der Waals surface area (Å²) in [4.78, 5) is 32.3. The van der Waals surface area contributed by atoms with Crippen LogP contribution in [0.5, 0.6) is 0 Å². The molecule has 1 fully saturated rings. The monoisotopic (exact) mass is 229 g/mol. The summed E-state index contributed by atoms with van der Waals surface area (Å²) in [6.07, 6.45) is 2.09. The summed E-state index contributed by atoms with van der Waals surface area (Å²) in [5.74, 6) is -1.98. The van der Waals surface area contributed by atoms with Gasteiger partial charge in [0, 0.05) is 5.92 Å². The number of ether oxygens (including phenoxy) is 2. The quantitative estimate of drug-likeness (QED) is 0.294. The highest BCUT2D eigenvalue weighted by atomic mass is 16.6. The number of hydrogen-bond donors (Lipinski definition) is 0. The molecule has 1 atom stereocenters. The van der Waals surface area contributed by atoms with E-state index in [1.54, 1.807) is 0 Å². The van der Waals surface area contributed by atoms with Crippen LogP contribution >= 0.6 is 0 Å². The minimum absolute atomic E-state index is 0.177. The number of nitrogens with zero attached hydrogens (tertiary/aromatic N) is 1. The van der Waals surface area contributed by atoms with E-state index in [-0.39, 0.29) is 6.42 Å². The second kappa shape index (κ2) is 4.30. The lowest BCUT2D eigenvalue weighted by molar-refractivity contribution is -0.402. The first-order valence-electron chi connectivity index (χ1n) is 4.47. The number of methoxy groups -OCH3 is 2. The van der Waals surface area contributed by atoms with Crippen LogP contribution in [0.25, 0.3) is 0 Å². The number of esters is 2. The van der Waals surface area contributed by atoms with E-state index in [9.17, 15) is 19.7 Å². The largest absolute Gasteiger partial charge is 0.468 e. The van der Waals surface area contributed by atoms with Gasteiger partial charge in [0.25, 0.3) is 0 Å². The van der Waals surface area contributed by atoms with Crippen LogP contribution in [0.4, 0.5) is 0 Å². The molecule has 0 aromatic rings. The van der Waals surface area contributed by atoms with Crippen molar-refractivity contribution in [3.8, 4) is 0 Å². The number of carbonyl (C=O) groups excluding carboxylic acids is 2. The lowest BCUT2D eigenvalue weighted by Gasteiger charge is -2.10. The van der Waals surface area contributed by atoms with Gasteiger partial charge in [-0.25, -0.2) is 0 Å². The van der Waals surface area contributed by atoms with E-state index in [1.165, 1.54) is 6.08 Å². The zero-order valence-electron chi connectivity index (χ0n) is 8.84. The first kappa shape index (κ1) is 12.2. The van der Waals surface area contributed by atoms with E-state index in [0.717, 1.165) is 14.2 Å². The van der Waals surface area contributed by atoms with Gasteiger partial charge in [-0.1, -0.05) is 0 Å². The van der Waals surface area contributed by atoms with Crippen molar-refractivity contribution < 1.29 is 24.0 Å². The maximum Gasteiger partial charge on any atom is 0.323 e. The maximum atomic E-state index is 11.4. The SMILES string of the molecule is COC(=O)C1(C(=O)OC)CC1/C=C/[N+](=O)[O-]. The second-order valence-corrected chi connectivity index (χ2v) is 3.39. The Kier molecular flexibility index (Phi) is 3.26. The van der Waals surface area contributed by atoms with E-state index < -0.39 is 28.2 Å². The van der Waals surface area contributed by atoms with Crippen molar-refractivity contribution in [2.75, 3.05) is 14.2 Å². The lowest BCUT2D eigenvalue weighted by atomic mass is 10.0. The van der Waals surface area contributed by atoms with E-state index >= 15 is 0 Å². The van der Waals surface area contributed by atoms with Crippen LogP contribution in [0.1, 0.15) is 6.42 Å². The molecule has 1 aliphatic carbocycles. The molecule has 0 saturated heterocycles. The molecule has 0 bridgehead atoms. The third-order valence-electron chi connectivity index (χ3n) is 2.55. The van der Waals surface area contributed by atoms with Crippen LogP contribution in [-0.2, 0) is 19.1 Å². The normalized spacial score (nSPS) is 21.5. The lowest BCUT2D eigenvalue weighted by Crippen LogP contribution is -2.30. The maximum absolute atomic E-state index is 11.4. The van der Waals surface area contributed by atoms with E-state index in [4.69, 9.17) is 0 Å². The summed E-state index contributed by atoms with van der Waals surface area (Å²) in [6, 6.07) is 0. The Balaban J connectivity index is 2.84. The Labute approximate surface area is 91.2 Å². The molecule has 0 radical (unpaired) electrons. The van der Waals surface area contributed by atoms with Gasteiger partial charge in [-0.3, -0.25) is 19.7 Å². The van der Waals surface area contributed by atoms with Crippen LogP contribution in [0.3, 0.4) is 0 Å². The fourth-order valence-corrected chi connectivity index (χ4v) is 1.61. The fourth-order valence-electron chi connectivity index (χ4n) is 1.61. The van der Waals surface area contributed by atoms with Gasteiger partial charge < -0.3 is 9.47 Å². The van der Waals surface area contributed by atoms with E-state index in [2.05, 4.69) is 9.47 Å². The molecule has 1 unspecified atom stereocenters. The molecule has 1 saturated carbocycles. The average molecular weight is 229 g/mol. The molecule has 16 heavy (non-hydrogen) atoms. The molecule has 0 amide bonds. The van der Waals surface area contributed by atoms with Crippen molar-refractivity contribution in [3.05, 3.63) is 22.4 Å². The van der Waals surface area contributed by atoms with Crippen LogP contribution in [0.2, 0.25) is 0 Å². The molecule has 1 aliphatic rings. The van der Waals surface area contributed by atoms with Gasteiger partial charge in [-0.15, -0.1) is 0 Å². The molecule has 7 heteroatoms. The number of allylic oxidation sites excluding steroid dienone is 1. The zero-order valence-corrected chi connectivity index (χ0v) is 8.84. The minimum Gasteiger partial charge on any atom is -0.468 e. The van der Waals surface area contributed by atoms with Crippen molar-refractivity contribution in [3.63, 3.8) is 0 Å². The van der Waals surface area contributed by atoms with Crippen molar-refractivity contribution in [2.24, 2.45) is 11.3 Å². The Morgan fingerprint density at radius 2 is 1.88 bits per heavy atom. The predicted octanol–water partition coefficient (Wildman–Crippen LogP) is 0.129. The molecule has 0 heterocycles. The summed E-state index contributed by atoms with van der Waals surface area (Å²) in [5.41, 5.74) is -1.39. The number of nitro groups is 1. The van der Waals surface area contributed by atoms with Gasteiger partial charge in [0.2, 0.25) is 6.20 Å². The van der Waals surface area contributed by atoms with Crippen LogP contribution in [-0.4, -0.2) is 31.1 Å². The third kappa shape index (κ3) is 1.88. The summed E-state index contributed by atoms with van der Waals surface area (Å²) in [6.45, 7) is 0. The number of carbonyl (C=O) groups is 2. The summed E-state index contributed by atoms with van der Waals surface area (Å²) in [5, 5.41) is 10.1. The summed E-state index contributed by atoms with van der Waals surface area (Å²) in [7, 11) is 2.30. The number of rotatable bonds is 4. The highest BCUT2D eigenvalue weighted by Crippen LogP contribution is 2.55. The fraction of sp³-hybridized carbons (Fsp3) is 0.556. The summed E-state index contributed by atoms with van der Waals surface area (Å²) >= 11 is 0. The van der Waals surface area contributed by atoms with Crippen molar-refractivity contribution in [2.45, 2.75) is 6.42 Å².